The predicted molar refractivity (Wildman–Crippen MR) is 84.0 cm³/mol. The zero-order valence-electron chi connectivity index (χ0n) is 13.0. The highest BCUT2D eigenvalue weighted by molar-refractivity contribution is 6.32. The second-order valence-electron chi connectivity index (χ2n) is 5.44. The van der Waals surface area contributed by atoms with Crippen molar-refractivity contribution >= 4 is 23.6 Å². The van der Waals surface area contributed by atoms with Crippen molar-refractivity contribution in [2.45, 2.75) is 12.3 Å². The Hall–Kier alpha value is -2.81. The fourth-order valence-corrected chi connectivity index (χ4v) is 2.57. The molecule has 0 unspecified atom stereocenters. The van der Waals surface area contributed by atoms with Crippen LogP contribution in [0.3, 0.4) is 0 Å². The largest absolute Gasteiger partial charge is 0.478 e. The number of carboxylic acids is 1. The fourth-order valence-electron chi connectivity index (χ4n) is 2.36. The number of benzene rings is 2. The number of aliphatic carboxylic acids is 1. The van der Waals surface area contributed by atoms with E-state index in [9.17, 15) is 26.7 Å². The molecule has 4 nitrogen and oxygen atoms in total. The second kappa shape index (κ2) is 6.73. The summed E-state index contributed by atoms with van der Waals surface area (Å²) in [6.45, 7) is 0. The molecule has 0 saturated carbocycles. The zero-order chi connectivity index (χ0) is 19.9. The summed E-state index contributed by atoms with van der Waals surface area (Å²) in [7, 11) is 0. The van der Waals surface area contributed by atoms with Crippen LogP contribution in [0, 0.1) is 11.6 Å². The van der Waals surface area contributed by atoms with Gasteiger partial charge in [-0.3, -0.25) is 0 Å². The monoisotopic (exact) mass is 406 g/mol. The summed E-state index contributed by atoms with van der Waals surface area (Å²) in [5.41, 5.74) is -1.00. The van der Waals surface area contributed by atoms with Gasteiger partial charge in [0.25, 0.3) is 0 Å². The molecule has 0 aliphatic carbocycles. The normalized spacial score (nSPS) is 16.2. The maximum atomic E-state index is 13.3. The van der Waals surface area contributed by atoms with Crippen molar-refractivity contribution < 1.29 is 41.3 Å². The van der Waals surface area contributed by atoms with Crippen LogP contribution in [0.2, 0.25) is 5.02 Å². The SMILES string of the molecule is O=C(O)C1=Cc2cc(Cl)c(Oc3ccc(F)c(F)c3)cc2O[C@@H]1C(F)(F)F. The van der Waals surface area contributed by atoms with E-state index >= 15 is 0 Å². The van der Waals surface area contributed by atoms with Gasteiger partial charge in [0.05, 0.1) is 10.6 Å². The lowest BCUT2D eigenvalue weighted by atomic mass is 10.0. The van der Waals surface area contributed by atoms with Crippen molar-refractivity contribution in [3.8, 4) is 17.2 Å². The number of carbonyl (C=O) groups is 1. The van der Waals surface area contributed by atoms with Crippen molar-refractivity contribution in [2.24, 2.45) is 0 Å². The molecule has 27 heavy (non-hydrogen) atoms. The first-order valence-corrected chi connectivity index (χ1v) is 7.59. The molecule has 0 saturated heterocycles. The highest BCUT2D eigenvalue weighted by Crippen LogP contribution is 2.42. The van der Waals surface area contributed by atoms with Gasteiger partial charge in [-0.05, 0) is 24.3 Å². The Bertz CT molecular complexity index is 955. The minimum atomic E-state index is -4.97. The smallest absolute Gasteiger partial charge is 0.430 e. The van der Waals surface area contributed by atoms with Crippen molar-refractivity contribution in [3.63, 3.8) is 0 Å². The van der Waals surface area contributed by atoms with E-state index in [-0.39, 0.29) is 27.8 Å². The van der Waals surface area contributed by atoms with Crippen LogP contribution in [0.15, 0.2) is 35.9 Å². The van der Waals surface area contributed by atoms with Gasteiger partial charge >= 0.3 is 12.1 Å². The number of hydrogen-bond donors (Lipinski definition) is 1. The predicted octanol–water partition coefficient (Wildman–Crippen LogP) is 5.20. The van der Waals surface area contributed by atoms with E-state index in [1.54, 1.807) is 0 Å². The number of fused-ring (bicyclic) bond motifs is 1. The summed E-state index contributed by atoms with van der Waals surface area (Å²) in [6.07, 6.45) is -6.85. The van der Waals surface area contributed by atoms with Gasteiger partial charge in [-0.2, -0.15) is 13.2 Å². The molecule has 1 heterocycles. The zero-order valence-corrected chi connectivity index (χ0v) is 13.7. The van der Waals surface area contributed by atoms with Crippen molar-refractivity contribution in [1.29, 1.82) is 0 Å². The number of carboxylic acid groups (broad SMARTS) is 1. The highest BCUT2D eigenvalue weighted by atomic mass is 35.5. The molecule has 1 atom stereocenters. The standard InChI is InChI=1S/C17H8ClF5O4/c18-10-4-7-3-9(16(24)25)15(17(21,22)23)27-13(7)6-14(10)26-8-1-2-11(19)12(20)5-8/h1-6,15H,(H,24,25)/t15-/m0/s1. The molecule has 0 spiro atoms. The Morgan fingerprint density at radius 1 is 1.15 bits per heavy atom. The number of ether oxygens (including phenoxy) is 2. The minimum absolute atomic E-state index is 0.00413. The average Bonchev–Trinajstić information content (AvgIpc) is 2.57. The first-order valence-electron chi connectivity index (χ1n) is 7.21. The maximum absolute atomic E-state index is 13.3. The minimum Gasteiger partial charge on any atom is -0.478 e. The number of hydrogen-bond acceptors (Lipinski definition) is 3. The van der Waals surface area contributed by atoms with Crippen molar-refractivity contribution in [2.75, 3.05) is 0 Å². The molecule has 1 N–H and O–H groups in total. The Morgan fingerprint density at radius 3 is 2.44 bits per heavy atom. The summed E-state index contributed by atoms with van der Waals surface area (Å²) >= 11 is 5.99. The first kappa shape index (κ1) is 19.0. The summed E-state index contributed by atoms with van der Waals surface area (Å²) in [6, 6.07) is 4.77. The molecule has 1 aliphatic heterocycles. The van der Waals surface area contributed by atoms with Crippen LogP contribution in [0.25, 0.3) is 6.08 Å². The van der Waals surface area contributed by atoms with Gasteiger partial charge in [-0.15, -0.1) is 0 Å². The van der Waals surface area contributed by atoms with Gasteiger partial charge < -0.3 is 14.6 Å². The first-order chi connectivity index (χ1) is 12.6. The molecule has 0 radical (unpaired) electrons. The third kappa shape index (κ3) is 3.82. The number of rotatable bonds is 3. The van der Waals surface area contributed by atoms with E-state index in [1.165, 1.54) is 0 Å². The molecule has 2 aromatic carbocycles. The number of halogens is 6. The molecule has 1 aliphatic rings. The third-order valence-corrected chi connectivity index (χ3v) is 3.86. The molecular weight excluding hydrogens is 399 g/mol. The van der Waals surface area contributed by atoms with Crippen LogP contribution in [-0.2, 0) is 4.79 Å². The molecule has 0 aromatic heterocycles. The van der Waals surface area contributed by atoms with E-state index in [4.69, 9.17) is 26.2 Å². The summed E-state index contributed by atoms with van der Waals surface area (Å²) in [4.78, 5) is 11.1. The Labute approximate surface area is 153 Å². The molecule has 10 heteroatoms. The Balaban J connectivity index is 2.01. The molecule has 0 amide bonds. The van der Waals surface area contributed by atoms with E-state index in [2.05, 4.69) is 0 Å². The quantitative estimate of drug-likeness (QED) is 0.712. The van der Waals surface area contributed by atoms with Crippen LogP contribution in [0.1, 0.15) is 5.56 Å². The molecule has 0 fully saturated rings. The van der Waals surface area contributed by atoms with E-state index in [0.717, 1.165) is 36.4 Å². The molecule has 2 aromatic rings. The fraction of sp³-hybridized carbons (Fsp3) is 0.118. The second-order valence-corrected chi connectivity index (χ2v) is 5.85. The number of alkyl halides is 3. The lowest BCUT2D eigenvalue weighted by molar-refractivity contribution is -0.187. The topological polar surface area (TPSA) is 55.8 Å². The van der Waals surface area contributed by atoms with Crippen molar-refractivity contribution in [1.82, 2.24) is 0 Å². The van der Waals surface area contributed by atoms with Gasteiger partial charge in [0, 0.05) is 17.7 Å². The van der Waals surface area contributed by atoms with Gasteiger partial charge in [-0.25, -0.2) is 13.6 Å². The van der Waals surface area contributed by atoms with Crippen LogP contribution in [0.4, 0.5) is 22.0 Å². The van der Waals surface area contributed by atoms with E-state index in [1.807, 2.05) is 0 Å². The molecular formula is C17H8ClF5O4. The highest BCUT2D eigenvalue weighted by Gasteiger charge is 2.48. The lowest BCUT2D eigenvalue weighted by Gasteiger charge is -2.27. The third-order valence-electron chi connectivity index (χ3n) is 3.57. The van der Waals surface area contributed by atoms with Crippen LogP contribution in [0.5, 0.6) is 17.2 Å². The molecule has 3 rings (SSSR count). The Kier molecular flexibility index (Phi) is 4.73. The van der Waals surface area contributed by atoms with Crippen LogP contribution >= 0.6 is 11.6 Å². The maximum Gasteiger partial charge on any atom is 0.430 e. The Morgan fingerprint density at radius 2 is 1.85 bits per heavy atom. The van der Waals surface area contributed by atoms with Gasteiger partial charge in [-0.1, -0.05) is 11.6 Å². The molecule has 0 bridgehead atoms. The summed E-state index contributed by atoms with van der Waals surface area (Å²) in [5, 5.41) is 8.89. The average molecular weight is 407 g/mol. The summed E-state index contributed by atoms with van der Waals surface area (Å²) in [5.74, 6) is -4.76. The van der Waals surface area contributed by atoms with Gasteiger partial charge in [0.2, 0.25) is 6.10 Å². The van der Waals surface area contributed by atoms with Crippen LogP contribution in [-0.4, -0.2) is 23.4 Å². The lowest BCUT2D eigenvalue weighted by Crippen LogP contribution is -2.40. The summed E-state index contributed by atoms with van der Waals surface area (Å²) < 4.78 is 75.6. The van der Waals surface area contributed by atoms with Crippen molar-refractivity contribution in [3.05, 3.63) is 58.1 Å². The van der Waals surface area contributed by atoms with Crippen LogP contribution < -0.4 is 9.47 Å². The molecule has 142 valence electrons. The van der Waals surface area contributed by atoms with Gasteiger partial charge in [0.1, 0.15) is 17.2 Å². The van der Waals surface area contributed by atoms with E-state index in [0.29, 0.717) is 0 Å². The van der Waals surface area contributed by atoms with Gasteiger partial charge in [0.15, 0.2) is 11.6 Å². The van der Waals surface area contributed by atoms with E-state index < -0.39 is 35.5 Å².